The normalized spacial score (nSPS) is 12.4. The summed E-state index contributed by atoms with van der Waals surface area (Å²) in [6.07, 6.45) is 3.76. The third-order valence-corrected chi connectivity index (χ3v) is 3.38. The molecule has 1 unspecified atom stereocenters. The quantitative estimate of drug-likeness (QED) is 0.534. The van der Waals surface area contributed by atoms with Crippen LogP contribution >= 0.6 is 11.8 Å². The smallest absolute Gasteiger partial charge is 0.0945 e. The average molecular weight is 269 g/mol. The molecule has 1 aromatic carbocycles. The van der Waals surface area contributed by atoms with Crippen LogP contribution in [0.1, 0.15) is 19.8 Å². The highest BCUT2D eigenvalue weighted by Crippen LogP contribution is 2.24. The van der Waals surface area contributed by atoms with Crippen molar-refractivity contribution >= 4 is 17.4 Å². The van der Waals surface area contributed by atoms with Gasteiger partial charge in [-0.25, -0.2) is 0 Å². The molecule has 3 nitrogen and oxygen atoms in total. The second-order valence-electron chi connectivity index (χ2n) is 4.16. The number of thioether (sulfide) groups is 1. The molecule has 0 saturated heterocycles. The van der Waals surface area contributed by atoms with Gasteiger partial charge in [-0.15, -0.1) is 11.8 Å². The van der Waals surface area contributed by atoms with Crippen molar-refractivity contribution < 1.29 is 9.84 Å². The molecular weight excluding hydrogens is 246 g/mol. The molecule has 0 aliphatic rings. The molecule has 2 N–H and O–H groups in total. The molecule has 0 spiro atoms. The number of para-hydroxylation sites is 1. The molecule has 1 rings (SSSR count). The van der Waals surface area contributed by atoms with Gasteiger partial charge in [-0.1, -0.05) is 25.5 Å². The number of nitrogens with one attached hydrogen (secondary N) is 1. The van der Waals surface area contributed by atoms with Gasteiger partial charge in [0.15, 0.2) is 0 Å². The Morgan fingerprint density at radius 3 is 2.89 bits per heavy atom. The molecule has 0 aliphatic carbocycles. The number of aliphatic hydroxyl groups is 1. The summed E-state index contributed by atoms with van der Waals surface area (Å²) in [5.74, 6) is 0. The van der Waals surface area contributed by atoms with E-state index < -0.39 is 6.10 Å². The maximum absolute atomic E-state index is 9.78. The molecule has 0 heterocycles. The predicted octanol–water partition coefficient (Wildman–Crippen LogP) is 3.00. The van der Waals surface area contributed by atoms with Crippen molar-refractivity contribution in [3.05, 3.63) is 24.3 Å². The van der Waals surface area contributed by atoms with Crippen LogP contribution in [-0.4, -0.2) is 37.2 Å². The number of unbranched alkanes of at least 4 members (excludes halogenated alkanes) is 1. The minimum absolute atomic E-state index is 0.397. The summed E-state index contributed by atoms with van der Waals surface area (Å²) in [6, 6.07) is 8.10. The highest BCUT2D eigenvalue weighted by atomic mass is 32.2. The van der Waals surface area contributed by atoms with Gasteiger partial charge in [-0.05, 0) is 24.8 Å². The Kier molecular flexibility index (Phi) is 7.89. The zero-order valence-corrected chi connectivity index (χ0v) is 12.0. The first-order chi connectivity index (χ1) is 8.77. The van der Waals surface area contributed by atoms with E-state index in [2.05, 4.69) is 18.3 Å². The standard InChI is InChI=1S/C14H23NO2S/c1-3-4-9-17-11-12(16)10-15-13-7-5-6-8-14(13)18-2/h5-8,12,15-16H,3-4,9-11H2,1-2H3. The van der Waals surface area contributed by atoms with Gasteiger partial charge < -0.3 is 15.2 Å². The van der Waals surface area contributed by atoms with E-state index in [9.17, 15) is 5.11 Å². The van der Waals surface area contributed by atoms with Crippen LogP contribution in [0.3, 0.4) is 0 Å². The summed E-state index contributed by atoms with van der Waals surface area (Å²) in [5.41, 5.74) is 1.07. The lowest BCUT2D eigenvalue weighted by atomic mass is 10.3. The topological polar surface area (TPSA) is 41.5 Å². The molecule has 1 atom stereocenters. The van der Waals surface area contributed by atoms with Gasteiger partial charge in [-0.3, -0.25) is 0 Å². The van der Waals surface area contributed by atoms with Crippen LogP contribution < -0.4 is 5.32 Å². The maximum Gasteiger partial charge on any atom is 0.0945 e. The van der Waals surface area contributed by atoms with Crippen LogP contribution in [0.15, 0.2) is 29.2 Å². The van der Waals surface area contributed by atoms with Crippen molar-refractivity contribution in [2.24, 2.45) is 0 Å². The Labute approximate surface area is 114 Å². The van der Waals surface area contributed by atoms with Gasteiger partial charge in [0.05, 0.1) is 12.7 Å². The highest BCUT2D eigenvalue weighted by Gasteiger charge is 2.05. The SMILES string of the molecule is CCCCOCC(O)CNc1ccccc1SC. The zero-order chi connectivity index (χ0) is 13.2. The minimum Gasteiger partial charge on any atom is -0.389 e. The van der Waals surface area contributed by atoms with Crippen LogP contribution in [0.25, 0.3) is 0 Å². The second kappa shape index (κ2) is 9.25. The fourth-order valence-electron chi connectivity index (χ4n) is 1.54. The van der Waals surface area contributed by atoms with Crippen LogP contribution in [-0.2, 0) is 4.74 Å². The first-order valence-electron chi connectivity index (χ1n) is 6.40. The largest absolute Gasteiger partial charge is 0.389 e. The van der Waals surface area contributed by atoms with Crippen molar-refractivity contribution in [1.29, 1.82) is 0 Å². The molecule has 0 amide bonds. The molecule has 0 aromatic heterocycles. The average Bonchev–Trinajstić information content (AvgIpc) is 2.41. The third-order valence-electron chi connectivity index (χ3n) is 2.59. The first-order valence-corrected chi connectivity index (χ1v) is 7.63. The molecule has 18 heavy (non-hydrogen) atoms. The molecule has 102 valence electrons. The lowest BCUT2D eigenvalue weighted by molar-refractivity contribution is 0.0421. The number of hydrogen-bond donors (Lipinski definition) is 2. The maximum atomic E-state index is 9.78. The molecule has 4 heteroatoms. The van der Waals surface area contributed by atoms with E-state index in [1.54, 1.807) is 11.8 Å². The molecule has 0 fully saturated rings. The fourth-order valence-corrected chi connectivity index (χ4v) is 2.12. The van der Waals surface area contributed by atoms with E-state index in [1.165, 1.54) is 4.90 Å². The van der Waals surface area contributed by atoms with Gasteiger partial charge in [0.1, 0.15) is 0 Å². The highest BCUT2D eigenvalue weighted by molar-refractivity contribution is 7.98. The summed E-state index contributed by atoms with van der Waals surface area (Å²) < 4.78 is 5.39. The van der Waals surface area contributed by atoms with E-state index in [1.807, 2.05) is 24.5 Å². The van der Waals surface area contributed by atoms with Gasteiger partial charge in [0.25, 0.3) is 0 Å². The van der Waals surface area contributed by atoms with Gasteiger partial charge in [-0.2, -0.15) is 0 Å². The van der Waals surface area contributed by atoms with Gasteiger partial charge in [0, 0.05) is 23.7 Å². The first kappa shape index (κ1) is 15.3. The van der Waals surface area contributed by atoms with Crippen molar-refractivity contribution in [2.45, 2.75) is 30.8 Å². The molecule has 0 aliphatic heterocycles. The van der Waals surface area contributed by atoms with Crippen molar-refractivity contribution in [2.75, 3.05) is 31.3 Å². The van der Waals surface area contributed by atoms with Crippen LogP contribution in [0.2, 0.25) is 0 Å². The van der Waals surface area contributed by atoms with Crippen molar-refractivity contribution in [1.82, 2.24) is 0 Å². The zero-order valence-electron chi connectivity index (χ0n) is 11.2. The molecular formula is C14H23NO2S. The Bertz CT molecular complexity index is 333. The van der Waals surface area contributed by atoms with E-state index in [0.717, 1.165) is 25.1 Å². The molecule has 0 radical (unpaired) electrons. The third kappa shape index (κ3) is 5.76. The van der Waals surface area contributed by atoms with Crippen molar-refractivity contribution in [3.63, 3.8) is 0 Å². The van der Waals surface area contributed by atoms with Gasteiger partial charge in [0.2, 0.25) is 0 Å². The Balaban J connectivity index is 2.26. The predicted molar refractivity (Wildman–Crippen MR) is 78.4 cm³/mol. The van der Waals surface area contributed by atoms with E-state index >= 15 is 0 Å². The number of hydrogen-bond acceptors (Lipinski definition) is 4. The minimum atomic E-state index is -0.461. The van der Waals surface area contributed by atoms with Gasteiger partial charge >= 0.3 is 0 Å². The monoisotopic (exact) mass is 269 g/mol. The van der Waals surface area contributed by atoms with E-state index in [4.69, 9.17) is 4.74 Å². The number of benzene rings is 1. The van der Waals surface area contributed by atoms with Crippen LogP contribution in [0, 0.1) is 0 Å². The summed E-state index contributed by atoms with van der Waals surface area (Å²) >= 11 is 1.70. The van der Waals surface area contributed by atoms with E-state index in [0.29, 0.717) is 13.2 Å². The summed E-state index contributed by atoms with van der Waals surface area (Å²) in [7, 11) is 0. The molecule has 0 bridgehead atoms. The fraction of sp³-hybridized carbons (Fsp3) is 0.571. The Hall–Kier alpha value is -0.710. The number of rotatable bonds is 9. The number of ether oxygens (including phenoxy) is 1. The Morgan fingerprint density at radius 1 is 1.39 bits per heavy atom. The van der Waals surface area contributed by atoms with Crippen molar-refractivity contribution in [3.8, 4) is 0 Å². The lowest BCUT2D eigenvalue weighted by Gasteiger charge is -2.15. The van der Waals surface area contributed by atoms with Crippen LogP contribution in [0.4, 0.5) is 5.69 Å². The molecule has 1 aromatic rings. The second-order valence-corrected chi connectivity index (χ2v) is 5.01. The number of aliphatic hydroxyl groups excluding tert-OH is 1. The molecule has 0 saturated carbocycles. The Morgan fingerprint density at radius 2 is 2.17 bits per heavy atom. The number of anilines is 1. The summed E-state index contributed by atoms with van der Waals surface area (Å²) in [4.78, 5) is 1.19. The van der Waals surface area contributed by atoms with Crippen LogP contribution in [0.5, 0.6) is 0 Å². The van der Waals surface area contributed by atoms with E-state index in [-0.39, 0.29) is 0 Å². The summed E-state index contributed by atoms with van der Waals surface area (Å²) in [5, 5.41) is 13.0. The lowest BCUT2D eigenvalue weighted by Crippen LogP contribution is -2.25. The summed E-state index contributed by atoms with van der Waals surface area (Å²) in [6.45, 7) is 3.77.